The molecule has 0 amide bonds. The first-order chi connectivity index (χ1) is 12.5. The number of ether oxygens (including phenoxy) is 1. The van der Waals surface area contributed by atoms with Crippen LogP contribution in [0.2, 0.25) is 0 Å². The molecule has 0 bridgehead atoms. The number of rotatable bonds is 5. The van der Waals surface area contributed by atoms with Crippen LogP contribution in [0.4, 0.5) is 4.39 Å². The molecule has 0 aliphatic carbocycles. The van der Waals surface area contributed by atoms with Crippen LogP contribution in [0.15, 0.2) is 54.6 Å². The molecule has 1 heterocycles. The smallest absolute Gasteiger partial charge is 0.342 e. The second-order valence-corrected chi connectivity index (χ2v) is 5.80. The molecular formula is C20H17FN2O3. The Bertz CT molecular complexity index is 964. The molecular weight excluding hydrogens is 335 g/mol. The SMILES string of the molecule is Cc1nn(-c2ccccc2)c(C)c1C(=O)OCC(=O)c1cccc(F)c1. The summed E-state index contributed by atoms with van der Waals surface area (Å²) in [5.41, 5.74) is 2.43. The molecule has 2 aromatic carbocycles. The number of ketones is 1. The molecule has 132 valence electrons. The van der Waals surface area contributed by atoms with Crippen molar-refractivity contribution in [3.63, 3.8) is 0 Å². The van der Waals surface area contributed by atoms with Gasteiger partial charge in [-0.1, -0.05) is 30.3 Å². The summed E-state index contributed by atoms with van der Waals surface area (Å²) in [6.07, 6.45) is 0. The highest BCUT2D eigenvalue weighted by Crippen LogP contribution is 2.19. The number of carbonyl (C=O) groups is 2. The highest BCUT2D eigenvalue weighted by molar-refractivity contribution is 5.99. The standard InChI is InChI=1S/C20H17FN2O3/c1-13-19(14(2)23(22-13)17-9-4-3-5-10-17)20(25)26-12-18(24)15-7-6-8-16(21)11-15/h3-11H,12H2,1-2H3. The molecule has 3 rings (SSSR count). The third-order valence-electron chi connectivity index (χ3n) is 3.98. The van der Waals surface area contributed by atoms with E-state index < -0.39 is 24.2 Å². The molecule has 26 heavy (non-hydrogen) atoms. The van der Waals surface area contributed by atoms with Crippen molar-refractivity contribution in [2.45, 2.75) is 13.8 Å². The summed E-state index contributed by atoms with van der Waals surface area (Å²) >= 11 is 0. The second-order valence-electron chi connectivity index (χ2n) is 5.80. The van der Waals surface area contributed by atoms with Gasteiger partial charge in [-0.05, 0) is 38.1 Å². The zero-order valence-corrected chi connectivity index (χ0v) is 14.4. The number of carbonyl (C=O) groups excluding carboxylic acids is 2. The Morgan fingerprint density at radius 2 is 1.81 bits per heavy atom. The molecule has 0 aliphatic heterocycles. The maximum absolute atomic E-state index is 13.2. The van der Waals surface area contributed by atoms with Gasteiger partial charge in [0.1, 0.15) is 11.4 Å². The van der Waals surface area contributed by atoms with Crippen LogP contribution in [-0.4, -0.2) is 28.1 Å². The van der Waals surface area contributed by atoms with Gasteiger partial charge in [0.2, 0.25) is 0 Å². The summed E-state index contributed by atoms with van der Waals surface area (Å²) in [7, 11) is 0. The van der Waals surface area contributed by atoms with Crippen molar-refractivity contribution in [1.82, 2.24) is 9.78 Å². The van der Waals surface area contributed by atoms with Crippen molar-refractivity contribution >= 4 is 11.8 Å². The molecule has 0 fully saturated rings. The first-order valence-corrected chi connectivity index (χ1v) is 8.05. The lowest BCUT2D eigenvalue weighted by atomic mass is 10.1. The van der Waals surface area contributed by atoms with Crippen LogP contribution < -0.4 is 0 Å². The van der Waals surface area contributed by atoms with E-state index >= 15 is 0 Å². The zero-order chi connectivity index (χ0) is 18.7. The van der Waals surface area contributed by atoms with E-state index in [1.54, 1.807) is 18.5 Å². The van der Waals surface area contributed by atoms with Crippen molar-refractivity contribution < 1.29 is 18.7 Å². The summed E-state index contributed by atoms with van der Waals surface area (Å²) in [6, 6.07) is 14.7. The van der Waals surface area contributed by atoms with Crippen molar-refractivity contribution in [2.75, 3.05) is 6.61 Å². The summed E-state index contributed by atoms with van der Waals surface area (Å²) in [6.45, 7) is 3.01. The summed E-state index contributed by atoms with van der Waals surface area (Å²) in [5, 5.41) is 4.38. The molecule has 0 radical (unpaired) electrons. The van der Waals surface area contributed by atoms with Crippen LogP contribution in [0, 0.1) is 19.7 Å². The molecule has 0 aliphatic rings. The van der Waals surface area contributed by atoms with Crippen molar-refractivity contribution in [3.05, 3.63) is 82.9 Å². The van der Waals surface area contributed by atoms with E-state index in [1.165, 1.54) is 18.2 Å². The topological polar surface area (TPSA) is 61.2 Å². The quantitative estimate of drug-likeness (QED) is 0.519. The summed E-state index contributed by atoms with van der Waals surface area (Å²) in [5.74, 6) is -1.62. The van der Waals surface area contributed by atoms with E-state index in [2.05, 4.69) is 5.10 Å². The average Bonchev–Trinajstić information content (AvgIpc) is 2.94. The Morgan fingerprint density at radius 3 is 2.50 bits per heavy atom. The van der Waals surface area contributed by atoms with Crippen LogP contribution in [0.1, 0.15) is 32.1 Å². The number of benzene rings is 2. The minimum Gasteiger partial charge on any atom is -0.454 e. The summed E-state index contributed by atoms with van der Waals surface area (Å²) in [4.78, 5) is 24.5. The Kier molecular flexibility index (Phi) is 4.93. The average molecular weight is 352 g/mol. The van der Waals surface area contributed by atoms with Gasteiger partial charge in [-0.3, -0.25) is 4.79 Å². The Balaban J connectivity index is 1.76. The number of para-hydroxylation sites is 1. The van der Waals surface area contributed by atoms with Gasteiger partial charge in [0.25, 0.3) is 0 Å². The number of aromatic nitrogens is 2. The van der Waals surface area contributed by atoms with E-state index in [-0.39, 0.29) is 5.56 Å². The molecule has 0 atom stereocenters. The fourth-order valence-electron chi connectivity index (χ4n) is 2.71. The van der Waals surface area contributed by atoms with Gasteiger partial charge in [0.15, 0.2) is 12.4 Å². The molecule has 0 saturated carbocycles. The predicted octanol–water partition coefficient (Wildman–Crippen LogP) is 3.67. The Labute approximate surface area is 150 Å². The first kappa shape index (κ1) is 17.5. The third kappa shape index (κ3) is 3.54. The molecule has 0 unspecified atom stereocenters. The van der Waals surface area contributed by atoms with E-state index in [9.17, 15) is 14.0 Å². The minimum absolute atomic E-state index is 0.159. The minimum atomic E-state index is -0.632. The van der Waals surface area contributed by atoms with Gasteiger partial charge in [0.05, 0.1) is 17.1 Å². The molecule has 0 spiro atoms. The number of nitrogens with zero attached hydrogens (tertiary/aromatic N) is 2. The van der Waals surface area contributed by atoms with E-state index in [1.807, 2.05) is 30.3 Å². The van der Waals surface area contributed by atoms with Gasteiger partial charge in [0, 0.05) is 5.56 Å². The predicted molar refractivity (Wildman–Crippen MR) is 94.1 cm³/mol. The van der Waals surface area contributed by atoms with Crippen LogP contribution in [0.3, 0.4) is 0 Å². The van der Waals surface area contributed by atoms with Crippen LogP contribution in [-0.2, 0) is 4.74 Å². The number of hydrogen-bond donors (Lipinski definition) is 0. The molecule has 1 aromatic heterocycles. The highest BCUT2D eigenvalue weighted by Gasteiger charge is 2.21. The van der Waals surface area contributed by atoms with Gasteiger partial charge < -0.3 is 4.74 Å². The van der Waals surface area contributed by atoms with Crippen molar-refractivity contribution in [1.29, 1.82) is 0 Å². The number of halogens is 1. The normalized spacial score (nSPS) is 10.6. The molecule has 6 heteroatoms. The first-order valence-electron chi connectivity index (χ1n) is 8.05. The van der Waals surface area contributed by atoms with E-state index in [0.717, 1.165) is 11.8 Å². The van der Waals surface area contributed by atoms with Crippen molar-refractivity contribution in [3.8, 4) is 5.69 Å². The molecule has 0 saturated heterocycles. The lowest BCUT2D eigenvalue weighted by Crippen LogP contribution is -2.15. The van der Waals surface area contributed by atoms with Crippen molar-refractivity contribution in [2.24, 2.45) is 0 Å². The van der Waals surface area contributed by atoms with E-state index in [0.29, 0.717) is 17.0 Å². The van der Waals surface area contributed by atoms with Gasteiger partial charge >= 0.3 is 5.97 Å². The maximum atomic E-state index is 13.2. The van der Waals surface area contributed by atoms with Crippen LogP contribution in [0.5, 0.6) is 0 Å². The number of hydrogen-bond acceptors (Lipinski definition) is 4. The largest absolute Gasteiger partial charge is 0.454 e. The fraction of sp³-hybridized carbons (Fsp3) is 0.150. The lowest BCUT2D eigenvalue weighted by Gasteiger charge is -2.06. The van der Waals surface area contributed by atoms with E-state index in [4.69, 9.17) is 4.74 Å². The number of esters is 1. The number of Topliss-reactive ketones (excluding diaryl/α,β-unsaturated/α-hetero) is 1. The molecule has 3 aromatic rings. The number of aryl methyl sites for hydroxylation is 1. The Hall–Kier alpha value is -3.28. The Morgan fingerprint density at radius 1 is 1.08 bits per heavy atom. The third-order valence-corrected chi connectivity index (χ3v) is 3.98. The summed E-state index contributed by atoms with van der Waals surface area (Å²) < 4.78 is 20.0. The van der Waals surface area contributed by atoms with Gasteiger partial charge in [-0.2, -0.15) is 5.10 Å². The fourth-order valence-corrected chi connectivity index (χ4v) is 2.71. The van der Waals surface area contributed by atoms with Gasteiger partial charge in [-0.15, -0.1) is 0 Å². The molecule has 0 N–H and O–H groups in total. The maximum Gasteiger partial charge on any atom is 0.342 e. The lowest BCUT2D eigenvalue weighted by molar-refractivity contribution is 0.0473. The van der Waals surface area contributed by atoms with Crippen LogP contribution >= 0.6 is 0 Å². The molecule has 5 nitrogen and oxygen atoms in total. The zero-order valence-electron chi connectivity index (χ0n) is 14.4. The monoisotopic (exact) mass is 352 g/mol. The highest BCUT2D eigenvalue weighted by atomic mass is 19.1. The van der Waals surface area contributed by atoms with Crippen LogP contribution in [0.25, 0.3) is 5.69 Å². The second kappa shape index (κ2) is 7.31. The van der Waals surface area contributed by atoms with Gasteiger partial charge in [-0.25, -0.2) is 13.9 Å².